The molecule has 1 atom stereocenters. The van der Waals surface area contributed by atoms with Crippen LogP contribution in [0.2, 0.25) is 0 Å². The Kier molecular flexibility index (Phi) is 3.03. The fourth-order valence-electron chi connectivity index (χ4n) is 1.55. The highest BCUT2D eigenvalue weighted by molar-refractivity contribution is 7.79. The van der Waals surface area contributed by atoms with E-state index >= 15 is 0 Å². The summed E-state index contributed by atoms with van der Waals surface area (Å²) < 4.78 is 20.3. The molecular formula is C12H10O3S. The Labute approximate surface area is 95.7 Å². The van der Waals surface area contributed by atoms with E-state index in [1.54, 1.807) is 12.1 Å². The van der Waals surface area contributed by atoms with Gasteiger partial charge in [-0.2, -0.15) is 0 Å². The lowest BCUT2D eigenvalue weighted by atomic mass is 10.1. The Morgan fingerprint density at radius 2 is 1.62 bits per heavy atom. The quantitative estimate of drug-likeness (QED) is 0.785. The van der Waals surface area contributed by atoms with Gasteiger partial charge in [-0.15, -0.1) is 0 Å². The summed E-state index contributed by atoms with van der Waals surface area (Å²) in [6.45, 7) is 0. The number of phenols is 1. The Bertz CT molecular complexity index is 523. The molecule has 0 radical (unpaired) electrons. The molecule has 0 bridgehead atoms. The minimum atomic E-state index is -2.20. The molecule has 0 spiro atoms. The second kappa shape index (κ2) is 4.47. The molecule has 0 heterocycles. The summed E-state index contributed by atoms with van der Waals surface area (Å²) >= 11 is -2.20. The summed E-state index contributed by atoms with van der Waals surface area (Å²) in [5.74, 6) is -0.165. The van der Waals surface area contributed by atoms with Gasteiger partial charge in [-0.05, 0) is 11.6 Å². The van der Waals surface area contributed by atoms with Crippen LogP contribution in [0, 0.1) is 0 Å². The number of benzene rings is 2. The molecule has 3 nitrogen and oxygen atoms in total. The monoisotopic (exact) mass is 234 g/mol. The number of rotatable bonds is 2. The normalized spacial score (nSPS) is 12.3. The van der Waals surface area contributed by atoms with Gasteiger partial charge in [0.25, 0.3) is 0 Å². The highest BCUT2D eigenvalue weighted by atomic mass is 32.2. The summed E-state index contributed by atoms with van der Waals surface area (Å²) in [5.41, 5.74) is 1.37. The van der Waals surface area contributed by atoms with Crippen LogP contribution in [-0.4, -0.2) is 13.9 Å². The van der Waals surface area contributed by atoms with E-state index in [9.17, 15) is 9.32 Å². The lowest BCUT2D eigenvalue weighted by molar-refractivity contribution is 0.457. The molecule has 1 unspecified atom stereocenters. The Morgan fingerprint density at radius 3 is 2.25 bits per heavy atom. The molecule has 2 N–H and O–H groups in total. The molecule has 4 heteroatoms. The summed E-state index contributed by atoms with van der Waals surface area (Å²) in [6.07, 6.45) is 0. The number of hydrogen-bond donors (Lipinski definition) is 2. The van der Waals surface area contributed by atoms with Crippen LogP contribution in [0.25, 0.3) is 11.1 Å². The maximum atomic E-state index is 11.2. The topological polar surface area (TPSA) is 57.5 Å². The molecule has 16 heavy (non-hydrogen) atoms. The van der Waals surface area contributed by atoms with Crippen LogP contribution in [0.3, 0.4) is 0 Å². The molecule has 2 aromatic carbocycles. The second-order valence-corrected chi connectivity index (χ2v) is 4.18. The van der Waals surface area contributed by atoms with Crippen LogP contribution in [0.15, 0.2) is 53.4 Å². The van der Waals surface area contributed by atoms with Crippen LogP contribution in [0.4, 0.5) is 0 Å². The molecule has 0 fully saturated rings. The van der Waals surface area contributed by atoms with E-state index in [0.717, 1.165) is 5.56 Å². The van der Waals surface area contributed by atoms with Gasteiger partial charge in [-0.25, -0.2) is 4.21 Å². The molecule has 0 saturated heterocycles. The molecule has 82 valence electrons. The molecule has 0 aliphatic rings. The number of hydrogen-bond acceptors (Lipinski definition) is 2. The van der Waals surface area contributed by atoms with Crippen LogP contribution in [0.1, 0.15) is 0 Å². The lowest BCUT2D eigenvalue weighted by Crippen LogP contribution is -1.93. The summed E-state index contributed by atoms with van der Waals surface area (Å²) in [7, 11) is 0. The largest absolute Gasteiger partial charge is 0.507 e. The van der Waals surface area contributed by atoms with Crippen molar-refractivity contribution in [1.29, 1.82) is 0 Å². The molecule has 2 rings (SSSR count). The molecule has 0 aliphatic heterocycles. The fraction of sp³-hybridized carbons (Fsp3) is 0. The summed E-state index contributed by atoms with van der Waals surface area (Å²) in [6, 6.07) is 13.9. The average Bonchev–Trinajstić information content (AvgIpc) is 2.29. The van der Waals surface area contributed by atoms with E-state index in [2.05, 4.69) is 0 Å². The van der Waals surface area contributed by atoms with Crippen molar-refractivity contribution >= 4 is 11.1 Å². The van der Waals surface area contributed by atoms with Gasteiger partial charge in [-0.3, -0.25) is 0 Å². The number of phenolic OH excluding ortho intramolecular Hbond substituents is 1. The van der Waals surface area contributed by atoms with Crippen molar-refractivity contribution in [3.8, 4) is 16.9 Å². The van der Waals surface area contributed by atoms with Crippen molar-refractivity contribution < 1.29 is 13.9 Å². The lowest BCUT2D eigenvalue weighted by Gasteiger charge is -2.07. The van der Waals surface area contributed by atoms with Gasteiger partial charge in [-0.1, -0.05) is 42.5 Å². The van der Waals surface area contributed by atoms with Crippen molar-refractivity contribution in [2.75, 3.05) is 0 Å². The van der Waals surface area contributed by atoms with E-state index in [1.807, 2.05) is 30.3 Å². The van der Waals surface area contributed by atoms with Crippen molar-refractivity contribution in [2.45, 2.75) is 4.90 Å². The van der Waals surface area contributed by atoms with E-state index in [4.69, 9.17) is 4.55 Å². The summed E-state index contributed by atoms with van der Waals surface area (Å²) in [5, 5.41) is 9.57. The fourth-order valence-corrected chi connectivity index (χ4v) is 2.17. The first-order valence-electron chi connectivity index (χ1n) is 4.68. The Hall–Kier alpha value is -1.65. The second-order valence-electron chi connectivity index (χ2n) is 3.27. The summed E-state index contributed by atoms with van der Waals surface area (Å²) in [4.78, 5) is 0.0497. The van der Waals surface area contributed by atoms with Crippen LogP contribution in [-0.2, 0) is 11.1 Å². The Balaban J connectivity index is 2.66. The first-order valence-corrected chi connectivity index (χ1v) is 5.79. The van der Waals surface area contributed by atoms with Crippen molar-refractivity contribution in [3.63, 3.8) is 0 Å². The van der Waals surface area contributed by atoms with Crippen LogP contribution in [0.5, 0.6) is 5.75 Å². The highest BCUT2D eigenvalue weighted by Gasteiger charge is 2.13. The van der Waals surface area contributed by atoms with E-state index < -0.39 is 11.1 Å². The maximum Gasteiger partial charge on any atom is 0.190 e. The predicted octanol–water partition coefficient (Wildman–Crippen LogP) is 2.64. The van der Waals surface area contributed by atoms with Gasteiger partial charge in [0.15, 0.2) is 11.1 Å². The zero-order valence-corrected chi connectivity index (χ0v) is 9.15. The molecule has 0 aliphatic carbocycles. The first kappa shape index (κ1) is 10.9. The zero-order chi connectivity index (χ0) is 11.5. The van der Waals surface area contributed by atoms with Crippen LogP contribution >= 0.6 is 0 Å². The number of aromatic hydroxyl groups is 1. The van der Waals surface area contributed by atoms with Gasteiger partial charge in [0.2, 0.25) is 0 Å². The van der Waals surface area contributed by atoms with Gasteiger partial charge in [0.05, 0.1) is 0 Å². The van der Waals surface area contributed by atoms with Crippen molar-refractivity contribution in [2.24, 2.45) is 0 Å². The van der Waals surface area contributed by atoms with E-state index in [-0.39, 0.29) is 10.6 Å². The third-order valence-electron chi connectivity index (χ3n) is 2.25. The Morgan fingerprint density at radius 1 is 0.938 bits per heavy atom. The van der Waals surface area contributed by atoms with Gasteiger partial charge < -0.3 is 9.66 Å². The average molecular weight is 234 g/mol. The van der Waals surface area contributed by atoms with Crippen LogP contribution < -0.4 is 0 Å². The molecule has 0 saturated carbocycles. The van der Waals surface area contributed by atoms with E-state index in [0.29, 0.717) is 5.56 Å². The third-order valence-corrected chi connectivity index (χ3v) is 3.03. The molecule has 0 aromatic heterocycles. The van der Waals surface area contributed by atoms with Crippen molar-refractivity contribution in [3.05, 3.63) is 48.5 Å². The molecule has 2 aromatic rings. The maximum absolute atomic E-state index is 11.2. The zero-order valence-electron chi connectivity index (χ0n) is 8.33. The van der Waals surface area contributed by atoms with Gasteiger partial charge in [0.1, 0.15) is 10.6 Å². The van der Waals surface area contributed by atoms with Gasteiger partial charge in [0, 0.05) is 5.56 Å². The third kappa shape index (κ3) is 1.98. The highest BCUT2D eigenvalue weighted by Crippen LogP contribution is 2.31. The van der Waals surface area contributed by atoms with E-state index in [1.165, 1.54) is 6.07 Å². The van der Waals surface area contributed by atoms with Crippen molar-refractivity contribution in [1.82, 2.24) is 0 Å². The smallest absolute Gasteiger partial charge is 0.190 e. The first-order chi connectivity index (χ1) is 7.70. The predicted molar refractivity (Wildman–Crippen MR) is 62.6 cm³/mol. The minimum Gasteiger partial charge on any atom is -0.507 e. The SMILES string of the molecule is O=S(O)c1c(O)cccc1-c1ccccc1. The minimum absolute atomic E-state index is 0.0497. The molecule has 0 amide bonds. The molecular weight excluding hydrogens is 224 g/mol. The standard InChI is InChI=1S/C12H10O3S/c13-11-8-4-7-10(12(11)16(14)15)9-5-2-1-3-6-9/h1-8,13H,(H,14,15). The van der Waals surface area contributed by atoms with Gasteiger partial charge >= 0.3 is 0 Å².